The fourth-order valence-electron chi connectivity index (χ4n) is 3.53. The largest absolute Gasteiger partial charge is 0.493 e. The van der Waals surface area contributed by atoms with Crippen LogP contribution in [0.1, 0.15) is 44.6 Å². The lowest BCUT2D eigenvalue weighted by molar-refractivity contribution is -0.109. The summed E-state index contributed by atoms with van der Waals surface area (Å²) in [7, 11) is 3.42. The number of rotatable bonds is 10. The second-order valence-corrected chi connectivity index (χ2v) is 8.92. The summed E-state index contributed by atoms with van der Waals surface area (Å²) in [5.41, 5.74) is 1.80. The Morgan fingerprint density at radius 1 is 1.11 bits per heavy atom. The number of nitrogens with zero attached hydrogens (tertiary/aromatic N) is 1. The first kappa shape index (κ1) is 32.7. The predicted molar refractivity (Wildman–Crippen MR) is 150 cm³/mol. The van der Waals surface area contributed by atoms with Crippen LogP contribution in [0.15, 0.2) is 49.1 Å². The van der Waals surface area contributed by atoms with Crippen LogP contribution in [0.3, 0.4) is 0 Å². The Morgan fingerprint density at radius 3 is 2.32 bits per heavy atom. The first-order chi connectivity index (χ1) is 17.7. The molecule has 0 spiro atoms. The smallest absolute Gasteiger partial charge is 0.250 e. The van der Waals surface area contributed by atoms with Gasteiger partial charge >= 0.3 is 0 Å². The Labute approximate surface area is 229 Å². The lowest BCUT2D eigenvalue weighted by Gasteiger charge is -2.31. The molecule has 206 valence electrons. The number of methoxy groups -OCH3 is 1. The standard InChI is InChI=1S/C15H22F2N2O2.C11H10Cl2O.C2H6/c1-18-12-3-4-13(20-2)14(11-12)21-10-9-19-7-5-15(16,17)6-8-19;1-2-3-9(7-14)8-4-5-10(12)11(13)6-8;1-2/h3-4,11,18H,5-10H2,1-2H3;2,4-7,9H,1,3H2;1-2H3. The molecule has 0 aromatic heterocycles. The van der Waals surface area contributed by atoms with Crippen molar-refractivity contribution in [3.63, 3.8) is 0 Å². The molecule has 0 amide bonds. The third-order valence-corrected chi connectivity index (χ3v) is 6.40. The molecule has 37 heavy (non-hydrogen) atoms. The maximum atomic E-state index is 13.1. The highest BCUT2D eigenvalue weighted by Crippen LogP contribution is 2.31. The van der Waals surface area contributed by atoms with Crippen molar-refractivity contribution < 1.29 is 23.0 Å². The highest BCUT2D eigenvalue weighted by atomic mass is 35.5. The molecule has 1 aliphatic rings. The van der Waals surface area contributed by atoms with Gasteiger partial charge < -0.3 is 19.6 Å². The van der Waals surface area contributed by atoms with Crippen molar-refractivity contribution in [3.8, 4) is 11.5 Å². The number of nitrogens with one attached hydrogen (secondary N) is 1. The minimum Gasteiger partial charge on any atom is -0.493 e. The third kappa shape index (κ3) is 11.3. The van der Waals surface area contributed by atoms with E-state index in [0.29, 0.717) is 54.2 Å². The molecule has 1 atom stereocenters. The van der Waals surface area contributed by atoms with Crippen molar-refractivity contribution in [2.75, 3.05) is 45.7 Å². The number of ether oxygens (including phenoxy) is 2. The van der Waals surface area contributed by atoms with E-state index in [1.54, 1.807) is 31.4 Å². The summed E-state index contributed by atoms with van der Waals surface area (Å²) >= 11 is 11.6. The molecular formula is C28H38Cl2F2N2O3. The molecule has 0 radical (unpaired) electrons. The number of hydrogen-bond donors (Lipinski definition) is 1. The van der Waals surface area contributed by atoms with Crippen molar-refractivity contribution in [1.29, 1.82) is 0 Å². The minimum atomic E-state index is -2.50. The van der Waals surface area contributed by atoms with Gasteiger partial charge in [-0.1, -0.05) is 49.2 Å². The maximum Gasteiger partial charge on any atom is 0.250 e. The van der Waals surface area contributed by atoms with E-state index >= 15 is 0 Å². The van der Waals surface area contributed by atoms with Crippen molar-refractivity contribution in [2.24, 2.45) is 0 Å². The lowest BCUT2D eigenvalue weighted by atomic mass is 9.97. The van der Waals surface area contributed by atoms with Crippen LogP contribution in [0.5, 0.6) is 11.5 Å². The zero-order valence-corrected chi connectivity index (χ0v) is 23.5. The number of halogens is 4. The van der Waals surface area contributed by atoms with Crippen LogP contribution in [0.25, 0.3) is 0 Å². The fourth-order valence-corrected chi connectivity index (χ4v) is 3.83. The van der Waals surface area contributed by atoms with Crippen LogP contribution in [-0.2, 0) is 4.79 Å². The summed E-state index contributed by atoms with van der Waals surface area (Å²) in [6, 6.07) is 10.8. The molecule has 1 heterocycles. The number of carbonyl (C=O) groups is 1. The molecule has 5 nitrogen and oxygen atoms in total. The topological polar surface area (TPSA) is 50.8 Å². The Bertz CT molecular complexity index is 966. The van der Waals surface area contributed by atoms with E-state index in [4.69, 9.17) is 32.7 Å². The SMILES string of the molecule is C=CCC(C=O)c1ccc(Cl)c(Cl)c1.CC.CNc1ccc(OC)c(OCCN2CCC(F)(F)CC2)c1. The molecule has 1 unspecified atom stereocenters. The number of anilines is 1. The van der Waals surface area contributed by atoms with E-state index < -0.39 is 5.92 Å². The van der Waals surface area contributed by atoms with E-state index in [9.17, 15) is 13.6 Å². The summed E-state index contributed by atoms with van der Waals surface area (Å²) in [4.78, 5) is 12.8. The third-order valence-electron chi connectivity index (χ3n) is 5.66. The molecule has 0 bridgehead atoms. The number of piperidine rings is 1. The van der Waals surface area contributed by atoms with Crippen LogP contribution in [-0.4, -0.2) is 57.5 Å². The molecule has 0 aliphatic carbocycles. The van der Waals surface area contributed by atoms with E-state index in [1.165, 1.54) is 0 Å². The maximum absolute atomic E-state index is 13.1. The highest BCUT2D eigenvalue weighted by Gasteiger charge is 2.33. The second kappa shape index (κ2) is 17.2. The van der Waals surface area contributed by atoms with Gasteiger partial charge in [-0.3, -0.25) is 4.90 Å². The van der Waals surface area contributed by atoms with Crippen molar-refractivity contribution in [3.05, 3.63) is 64.7 Å². The average Bonchev–Trinajstić information content (AvgIpc) is 2.91. The first-order valence-corrected chi connectivity index (χ1v) is 13.1. The summed E-state index contributed by atoms with van der Waals surface area (Å²) < 4.78 is 37.1. The van der Waals surface area contributed by atoms with Crippen LogP contribution < -0.4 is 14.8 Å². The zero-order valence-electron chi connectivity index (χ0n) is 22.0. The highest BCUT2D eigenvalue weighted by molar-refractivity contribution is 6.42. The van der Waals surface area contributed by atoms with Gasteiger partial charge in [-0.25, -0.2) is 8.78 Å². The van der Waals surface area contributed by atoms with Gasteiger partial charge in [-0.15, -0.1) is 6.58 Å². The van der Waals surface area contributed by atoms with Crippen LogP contribution in [0, 0.1) is 0 Å². The van der Waals surface area contributed by atoms with Crippen LogP contribution >= 0.6 is 23.2 Å². The van der Waals surface area contributed by atoms with Crippen molar-refractivity contribution in [2.45, 2.75) is 45.0 Å². The Morgan fingerprint density at radius 2 is 1.78 bits per heavy atom. The molecular weight excluding hydrogens is 521 g/mol. The number of benzene rings is 2. The summed E-state index contributed by atoms with van der Waals surface area (Å²) in [6.45, 7) is 9.53. The number of likely N-dealkylation sites (tertiary alicyclic amines) is 1. The average molecular weight is 560 g/mol. The Hall–Kier alpha value is -2.35. The van der Waals surface area contributed by atoms with Gasteiger partial charge in [0.15, 0.2) is 11.5 Å². The fraction of sp³-hybridized carbons (Fsp3) is 0.464. The quantitative estimate of drug-likeness (QED) is 0.239. The number of aldehydes is 1. The van der Waals surface area contributed by atoms with Crippen molar-refractivity contribution >= 4 is 35.2 Å². The first-order valence-electron chi connectivity index (χ1n) is 12.3. The number of allylic oxidation sites excluding steroid dienone is 1. The molecule has 0 saturated carbocycles. The van der Waals surface area contributed by atoms with Crippen LogP contribution in [0.2, 0.25) is 10.0 Å². The predicted octanol–water partition coefficient (Wildman–Crippen LogP) is 7.73. The van der Waals surface area contributed by atoms with E-state index in [0.717, 1.165) is 17.5 Å². The summed E-state index contributed by atoms with van der Waals surface area (Å²) in [6.07, 6.45) is 3.08. The van der Waals surface area contributed by atoms with Gasteiger partial charge in [-0.05, 0) is 36.2 Å². The molecule has 1 aliphatic heterocycles. The van der Waals surface area contributed by atoms with E-state index in [-0.39, 0.29) is 18.8 Å². The zero-order chi connectivity index (χ0) is 27.8. The molecule has 3 rings (SSSR count). The summed E-state index contributed by atoms with van der Waals surface area (Å²) in [5.74, 6) is -1.35. The van der Waals surface area contributed by atoms with Gasteiger partial charge in [0.1, 0.15) is 12.9 Å². The second-order valence-electron chi connectivity index (χ2n) is 8.10. The van der Waals surface area contributed by atoms with Gasteiger partial charge in [0.25, 0.3) is 5.92 Å². The molecule has 2 aromatic carbocycles. The molecule has 1 fully saturated rings. The number of hydrogen-bond acceptors (Lipinski definition) is 5. The van der Waals surface area contributed by atoms with Crippen molar-refractivity contribution in [1.82, 2.24) is 4.90 Å². The molecule has 2 aromatic rings. The van der Waals surface area contributed by atoms with Gasteiger partial charge in [0.05, 0.1) is 17.2 Å². The Balaban J connectivity index is 0.000000372. The normalized spacial score (nSPS) is 15.1. The Kier molecular flexibility index (Phi) is 15.2. The van der Waals surface area contributed by atoms with Crippen LogP contribution in [0.4, 0.5) is 14.5 Å². The van der Waals surface area contributed by atoms with Gasteiger partial charge in [0.2, 0.25) is 0 Å². The van der Waals surface area contributed by atoms with Gasteiger partial charge in [-0.2, -0.15) is 0 Å². The molecule has 9 heteroatoms. The molecule has 1 saturated heterocycles. The summed E-state index contributed by atoms with van der Waals surface area (Å²) in [5, 5.41) is 4.01. The monoisotopic (exact) mass is 558 g/mol. The number of alkyl halides is 2. The van der Waals surface area contributed by atoms with Gasteiger partial charge in [0, 0.05) is 57.2 Å². The minimum absolute atomic E-state index is 0.0639. The number of carbonyl (C=O) groups excluding carboxylic acids is 1. The molecule has 1 N–H and O–H groups in total. The lowest BCUT2D eigenvalue weighted by Crippen LogP contribution is -2.41. The van der Waals surface area contributed by atoms with E-state index in [2.05, 4.69) is 11.9 Å². The van der Waals surface area contributed by atoms with E-state index in [1.807, 2.05) is 44.0 Å².